The van der Waals surface area contributed by atoms with Gasteiger partial charge in [-0.1, -0.05) is 78.9 Å². The molecule has 0 bridgehead atoms. The molecule has 5 aromatic rings. The van der Waals surface area contributed by atoms with E-state index in [1.165, 1.54) is 0 Å². The molecule has 29 heavy (non-hydrogen) atoms. The van der Waals surface area contributed by atoms with Crippen LogP contribution in [0.25, 0.3) is 27.5 Å². The lowest BCUT2D eigenvalue weighted by Gasteiger charge is -2.15. The Hall–Kier alpha value is -3.98. The molecule has 0 amide bonds. The molecule has 3 nitrogen and oxygen atoms in total. The van der Waals surface area contributed by atoms with E-state index < -0.39 is 0 Å². The molecule has 1 aliphatic carbocycles. The van der Waals surface area contributed by atoms with Gasteiger partial charge in [0.25, 0.3) is 0 Å². The minimum absolute atomic E-state index is 0.0914. The lowest BCUT2D eigenvalue weighted by atomic mass is 9.83. The van der Waals surface area contributed by atoms with Crippen LogP contribution in [0.3, 0.4) is 0 Å². The van der Waals surface area contributed by atoms with Crippen molar-refractivity contribution in [2.24, 2.45) is 0 Å². The minimum atomic E-state index is -0.0955. The number of fused-ring (bicyclic) bond motifs is 6. The highest BCUT2D eigenvalue weighted by atomic mass is 16.1. The summed E-state index contributed by atoms with van der Waals surface area (Å²) in [6.07, 6.45) is 1.96. The van der Waals surface area contributed by atoms with Crippen molar-refractivity contribution in [1.29, 1.82) is 0 Å². The van der Waals surface area contributed by atoms with Crippen LogP contribution in [0.5, 0.6) is 0 Å². The van der Waals surface area contributed by atoms with Gasteiger partial charge in [0.05, 0.1) is 22.3 Å². The van der Waals surface area contributed by atoms with E-state index in [0.717, 1.165) is 27.5 Å². The monoisotopic (exact) mass is 373 g/mol. The molecule has 0 aliphatic heterocycles. The van der Waals surface area contributed by atoms with E-state index in [4.69, 9.17) is 0 Å². The second-order valence-electron chi connectivity index (χ2n) is 7.29. The van der Waals surface area contributed by atoms with E-state index in [9.17, 15) is 9.59 Å². The van der Waals surface area contributed by atoms with Gasteiger partial charge < -0.3 is 4.40 Å². The van der Waals surface area contributed by atoms with Gasteiger partial charge in [-0.3, -0.25) is 9.59 Å². The van der Waals surface area contributed by atoms with Crippen molar-refractivity contribution in [3.63, 3.8) is 0 Å². The summed E-state index contributed by atoms with van der Waals surface area (Å²) in [6.45, 7) is 0. The third-order valence-electron chi connectivity index (χ3n) is 5.74. The molecule has 0 saturated heterocycles. The van der Waals surface area contributed by atoms with E-state index >= 15 is 0 Å². The lowest BCUT2D eigenvalue weighted by Crippen LogP contribution is -2.19. The van der Waals surface area contributed by atoms with Gasteiger partial charge in [-0.15, -0.1) is 0 Å². The first kappa shape index (κ1) is 16.0. The summed E-state index contributed by atoms with van der Waals surface area (Å²) < 4.78 is 2.00. The fourth-order valence-electron chi connectivity index (χ4n) is 4.49. The summed E-state index contributed by atoms with van der Waals surface area (Å²) in [4.78, 5) is 27.2. The molecule has 0 N–H and O–H groups in total. The Labute approximate surface area is 166 Å². The number of hydrogen-bond acceptors (Lipinski definition) is 2. The van der Waals surface area contributed by atoms with E-state index in [2.05, 4.69) is 0 Å². The Morgan fingerprint density at radius 3 is 1.97 bits per heavy atom. The maximum Gasteiger partial charge on any atom is 0.196 e. The van der Waals surface area contributed by atoms with E-state index in [0.29, 0.717) is 22.3 Å². The zero-order chi connectivity index (χ0) is 19.5. The number of nitrogens with zero attached hydrogens (tertiary/aromatic N) is 1. The van der Waals surface area contributed by atoms with Crippen molar-refractivity contribution in [1.82, 2.24) is 4.40 Å². The molecule has 0 fully saturated rings. The summed E-state index contributed by atoms with van der Waals surface area (Å²) in [5.74, 6) is -0.187. The number of aromatic nitrogens is 1. The predicted molar refractivity (Wildman–Crippen MR) is 114 cm³/mol. The standard InChI is InChI=1S/C26H15NO2/c28-25-19-12-6-7-13-20(19)26(29)22-21(25)23(17-9-2-1-3-10-17)27-15-14-16-8-4-5-11-18(16)24(22)27/h1-15H. The largest absolute Gasteiger partial charge is 0.314 e. The van der Waals surface area contributed by atoms with Gasteiger partial charge in [0.2, 0.25) is 0 Å². The van der Waals surface area contributed by atoms with Gasteiger partial charge in [0.1, 0.15) is 0 Å². The summed E-state index contributed by atoms with van der Waals surface area (Å²) in [5, 5.41) is 2.01. The number of rotatable bonds is 1. The van der Waals surface area contributed by atoms with Crippen LogP contribution in [0.15, 0.2) is 91.1 Å². The number of hydrogen-bond donors (Lipinski definition) is 0. The van der Waals surface area contributed by atoms with Gasteiger partial charge in [-0.25, -0.2) is 0 Å². The number of pyridine rings is 1. The Balaban J connectivity index is 1.86. The number of carbonyl (C=O) groups is 2. The molecule has 0 unspecified atom stereocenters. The first-order chi connectivity index (χ1) is 14.3. The quantitative estimate of drug-likeness (QED) is 0.380. The third kappa shape index (κ3) is 2.07. The highest BCUT2D eigenvalue weighted by Gasteiger charge is 2.36. The molecular weight excluding hydrogens is 358 g/mol. The Bertz CT molecular complexity index is 1480. The number of carbonyl (C=O) groups excluding carboxylic acids is 2. The van der Waals surface area contributed by atoms with Crippen LogP contribution in [0, 0.1) is 0 Å². The van der Waals surface area contributed by atoms with Gasteiger partial charge in [-0.2, -0.15) is 0 Å². The zero-order valence-corrected chi connectivity index (χ0v) is 15.4. The Morgan fingerprint density at radius 1 is 0.586 bits per heavy atom. The van der Waals surface area contributed by atoms with Crippen molar-refractivity contribution in [3.8, 4) is 11.3 Å². The average molecular weight is 373 g/mol. The maximum absolute atomic E-state index is 13.6. The summed E-state index contributed by atoms with van der Waals surface area (Å²) in [5.41, 5.74) is 4.44. The first-order valence-corrected chi connectivity index (χ1v) is 9.55. The van der Waals surface area contributed by atoms with Crippen LogP contribution in [0.1, 0.15) is 31.8 Å². The van der Waals surface area contributed by atoms with Crippen LogP contribution in [0.2, 0.25) is 0 Å². The van der Waals surface area contributed by atoms with Gasteiger partial charge in [0.15, 0.2) is 11.6 Å². The van der Waals surface area contributed by atoms with Crippen LogP contribution in [-0.4, -0.2) is 16.0 Å². The fourth-order valence-corrected chi connectivity index (χ4v) is 4.49. The van der Waals surface area contributed by atoms with Crippen LogP contribution >= 0.6 is 0 Å². The fraction of sp³-hybridized carbons (Fsp3) is 0. The van der Waals surface area contributed by atoms with E-state index in [1.807, 2.05) is 83.4 Å². The highest BCUT2D eigenvalue weighted by Crippen LogP contribution is 2.41. The molecule has 3 aromatic carbocycles. The topological polar surface area (TPSA) is 38.5 Å². The first-order valence-electron chi connectivity index (χ1n) is 9.55. The molecule has 2 heterocycles. The molecule has 136 valence electrons. The van der Waals surface area contributed by atoms with Crippen LogP contribution < -0.4 is 0 Å². The molecule has 0 saturated carbocycles. The second-order valence-corrected chi connectivity index (χ2v) is 7.29. The summed E-state index contributed by atoms with van der Waals surface area (Å²) in [6, 6.07) is 26.9. The molecule has 0 atom stereocenters. The van der Waals surface area contributed by atoms with Gasteiger partial charge in [-0.05, 0) is 17.0 Å². The van der Waals surface area contributed by atoms with Crippen molar-refractivity contribution < 1.29 is 9.59 Å². The van der Waals surface area contributed by atoms with Crippen molar-refractivity contribution >= 4 is 27.9 Å². The minimum Gasteiger partial charge on any atom is -0.314 e. The number of ketones is 2. The number of benzene rings is 3. The van der Waals surface area contributed by atoms with Crippen molar-refractivity contribution in [3.05, 3.63) is 113 Å². The predicted octanol–water partition coefficient (Wildman–Crippen LogP) is 5.53. The van der Waals surface area contributed by atoms with Gasteiger partial charge >= 0.3 is 0 Å². The highest BCUT2D eigenvalue weighted by molar-refractivity contribution is 6.34. The molecule has 2 aromatic heterocycles. The summed E-state index contributed by atoms with van der Waals surface area (Å²) in [7, 11) is 0. The normalized spacial score (nSPS) is 13.0. The maximum atomic E-state index is 13.6. The average Bonchev–Trinajstić information content (AvgIpc) is 3.14. The smallest absolute Gasteiger partial charge is 0.196 e. The molecule has 0 spiro atoms. The van der Waals surface area contributed by atoms with Gasteiger partial charge in [0, 0.05) is 22.7 Å². The van der Waals surface area contributed by atoms with E-state index in [-0.39, 0.29) is 11.6 Å². The molecule has 1 aliphatic rings. The second kappa shape index (κ2) is 5.76. The SMILES string of the molecule is O=C1c2ccccc2C(=O)c2c1c(-c1ccccc1)n1ccc3ccccc3c21. The Morgan fingerprint density at radius 2 is 1.21 bits per heavy atom. The molecule has 0 radical (unpaired) electrons. The van der Waals surface area contributed by atoms with E-state index in [1.54, 1.807) is 12.1 Å². The van der Waals surface area contributed by atoms with Crippen LogP contribution in [-0.2, 0) is 0 Å². The van der Waals surface area contributed by atoms with Crippen LogP contribution in [0.4, 0.5) is 0 Å². The molecule has 6 rings (SSSR count). The molecule has 3 heteroatoms. The third-order valence-corrected chi connectivity index (χ3v) is 5.74. The molecular formula is C26H15NO2. The van der Waals surface area contributed by atoms with Crippen molar-refractivity contribution in [2.45, 2.75) is 0 Å². The lowest BCUT2D eigenvalue weighted by molar-refractivity contribution is 0.0981. The zero-order valence-electron chi connectivity index (χ0n) is 15.4. The van der Waals surface area contributed by atoms with Crippen molar-refractivity contribution in [2.75, 3.05) is 0 Å². The summed E-state index contributed by atoms with van der Waals surface area (Å²) >= 11 is 0. The Kier molecular flexibility index (Phi) is 3.18.